The molecule has 2 N–H and O–H groups in total. The van der Waals surface area contributed by atoms with Crippen LogP contribution in [-0.2, 0) is 0 Å². The van der Waals surface area contributed by atoms with Crippen molar-refractivity contribution >= 4 is 11.4 Å². The van der Waals surface area contributed by atoms with Gasteiger partial charge in [0.15, 0.2) is 0 Å². The maximum atomic E-state index is 5.99. The first-order valence-corrected chi connectivity index (χ1v) is 5.74. The Kier molecular flexibility index (Phi) is 4.47. The second-order valence-corrected chi connectivity index (χ2v) is 4.40. The number of para-hydroxylation sites is 2. The molecular weight excluding hydrogens is 184 g/mol. The number of hydrogen-bond donors (Lipinski definition) is 1. The van der Waals surface area contributed by atoms with Gasteiger partial charge >= 0.3 is 0 Å². The molecule has 1 aromatic carbocycles. The second kappa shape index (κ2) is 5.64. The molecule has 0 atom stereocenters. The predicted molar refractivity (Wildman–Crippen MR) is 68.2 cm³/mol. The van der Waals surface area contributed by atoms with Crippen LogP contribution in [0.2, 0.25) is 0 Å². The lowest BCUT2D eigenvalue weighted by atomic mass is 10.1. The largest absolute Gasteiger partial charge is 0.397 e. The number of nitrogens with zero attached hydrogens (tertiary/aromatic N) is 1. The molecule has 0 fully saturated rings. The second-order valence-electron chi connectivity index (χ2n) is 4.40. The molecule has 2 nitrogen and oxygen atoms in total. The van der Waals surface area contributed by atoms with E-state index in [-0.39, 0.29) is 0 Å². The summed E-state index contributed by atoms with van der Waals surface area (Å²) in [5.41, 5.74) is 8.04. The van der Waals surface area contributed by atoms with Crippen LogP contribution in [0.5, 0.6) is 0 Å². The zero-order chi connectivity index (χ0) is 11.3. The summed E-state index contributed by atoms with van der Waals surface area (Å²) < 4.78 is 0. The lowest BCUT2D eigenvalue weighted by Gasteiger charge is -2.27. The van der Waals surface area contributed by atoms with Gasteiger partial charge in [-0.15, -0.1) is 0 Å². The van der Waals surface area contributed by atoms with Gasteiger partial charge in [-0.05, 0) is 24.5 Å². The molecule has 0 heterocycles. The number of benzene rings is 1. The summed E-state index contributed by atoms with van der Waals surface area (Å²) in [4.78, 5) is 2.38. The van der Waals surface area contributed by atoms with Crippen molar-refractivity contribution in [2.75, 3.05) is 23.7 Å². The minimum absolute atomic E-state index is 0.663. The summed E-state index contributed by atoms with van der Waals surface area (Å²) in [7, 11) is 0. The third-order valence-corrected chi connectivity index (χ3v) is 2.36. The fourth-order valence-electron chi connectivity index (χ4n) is 1.80. The molecule has 0 unspecified atom stereocenters. The summed E-state index contributed by atoms with van der Waals surface area (Å²) >= 11 is 0. The van der Waals surface area contributed by atoms with Gasteiger partial charge in [-0.25, -0.2) is 0 Å². The fraction of sp³-hybridized carbons (Fsp3) is 0.538. The van der Waals surface area contributed by atoms with Crippen molar-refractivity contribution in [2.45, 2.75) is 27.2 Å². The van der Waals surface area contributed by atoms with E-state index < -0.39 is 0 Å². The van der Waals surface area contributed by atoms with Crippen LogP contribution >= 0.6 is 0 Å². The van der Waals surface area contributed by atoms with E-state index in [1.54, 1.807) is 0 Å². The average Bonchev–Trinajstić information content (AvgIpc) is 2.17. The lowest BCUT2D eigenvalue weighted by Crippen LogP contribution is -2.29. The van der Waals surface area contributed by atoms with E-state index in [4.69, 9.17) is 5.73 Å². The van der Waals surface area contributed by atoms with Gasteiger partial charge in [-0.1, -0.05) is 32.9 Å². The van der Waals surface area contributed by atoms with E-state index in [0.29, 0.717) is 5.92 Å². The summed E-state index contributed by atoms with van der Waals surface area (Å²) in [6.45, 7) is 8.82. The van der Waals surface area contributed by atoms with Crippen molar-refractivity contribution in [3.63, 3.8) is 0 Å². The molecule has 0 saturated carbocycles. The number of rotatable bonds is 5. The Balaban J connectivity index is 2.83. The fourth-order valence-corrected chi connectivity index (χ4v) is 1.80. The molecule has 0 amide bonds. The van der Waals surface area contributed by atoms with Gasteiger partial charge in [0.05, 0.1) is 11.4 Å². The summed E-state index contributed by atoms with van der Waals surface area (Å²) in [5.74, 6) is 0.663. The Labute approximate surface area is 93.1 Å². The Morgan fingerprint density at radius 1 is 1.27 bits per heavy atom. The average molecular weight is 206 g/mol. The van der Waals surface area contributed by atoms with Crippen molar-refractivity contribution < 1.29 is 0 Å². The molecule has 1 aromatic rings. The first kappa shape index (κ1) is 11.9. The van der Waals surface area contributed by atoms with E-state index in [0.717, 1.165) is 25.2 Å². The first-order valence-electron chi connectivity index (χ1n) is 5.74. The quantitative estimate of drug-likeness (QED) is 0.750. The van der Waals surface area contributed by atoms with Gasteiger partial charge in [0, 0.05) is 13.1 Å². The molecular formula is C13H22N2. The van der Waals surface area contributed by atoms with Crippen LogP contribution in [-0.4, -0.2) is 13.1 Å². The van der Waals surface area contributed by atoms with Gasteiger partial charge in [0.25, 0.3) is 0 Å². The van der Waals surface area contributed by atoms with Crippen LogP contribution in [0.1, 0.15) is 27.2 Å². The van der Waals surface area contributed by atoms with E-state index in [1.165, 1.54) is 5.69 Å². The zero-order valence-electron chi connectivity index (χ0n) is 10.0. The Morgan fingerprint density at radius 2 is 1.93 bits per heavy atom. The first-order chi connectivity index (χ1) is 7.15. The van der Waals surface area contributed by atoms with Crippen LogP contribution in [0.15, 0.2) is 24.3 Å². The molecule has 15 heavy (non-hydrogen) atoms. The van der Waals surface area contributed by atoms with Gasteiger partial charge in [0.1, 0.15) is 0 Å². The number of hydrogen-bond acceptors (Lipinski definition) is 2. The maximum Gasteiger partial charge on any atom is 0.0600 e. The Bertz CT molecular complexity index is 294. The van der Waals surface area contributed by atoms with Gasteiger partial charge in [0.2, 0.25) is 0 Å². The van der Waals surface area contributed by atoms with Gasteiger partial charge < -0.3 is 10.6 Å². The predicted octanol–water partition coefficient (Wildman–Crippen LogP) is 3.14. The molecule has 0 aliphatic heterocycles. The zero-order valence-corrected chi connectivity index (χ0v) is 10.0. The molecule has 0 aromatic heterocycles. The highest BCUT2D eigenvalue weighted by Crippen LogP contribution is 2.23. The lowest BCUT2D eigenvalue weighted by molar-refractivity contribution is 0.606. The molecule has 1 rings (SSSR count). The van der Waals surface area contributed by atoms with E-state index >= 15 is 0 Å². The van der Waals surface area contributed by atoms with Crippen LogP contribution < -0.4 is 10.6 Å². The van der Waals surface area contributed by atoms with Crippen molar-refractivity contribution in [3.05, 3.63) is 24.3 Å². The third kappa shape index (κ3) is 3.46. The molecule has 0 aliphatic carbocycles. The van der Waals surface area contributed by atoms with Gasteiger partial charge in [-0.3, -0.25) is 0 Å². The van der Waals surface area contributed by atoms with Crippen molar-refractivity contribution in [1.82, 2.24) is 0 Å². The topological polar surface area (TPSA) is 29.3 Å². The molecule has 0 bridgehead atoms. The van der Waals surface area contributed by atoms with Crippen LogP contribution in [0, 0.1) is 5.92 Å². The van der Waals surface area contributed by atoms with Crippen LogP contribution in [0.4, 0.5) is 11.4 Å². The van der Waals surface area contributed by atoms with Crippen molar-refractivity contribution in [2.24, 2.45) is 5.92 Å². The molecule has 84 valence electrons. The summed E-state index contributed by atoms with van der Waals surface area (Å²) in [5, 5.41) is 0. The number of nitrogens with two attached hydrogens (primary N) is 1. The molecule has 0 spiro atoms. The Hall–Kier alpha value is -1.18. The summed E-state index contributed by atoms with van der Waals surface area (Å²) in [6.07, 6.45) is 1.15. The molecule has 0 saturated heterocycles. The van der Waals surface area contributed by atoms with Crippen molar-refractivity contribution in [3.8, 4) is 0 Å². The molecule has 2 heteroatoms. The number of nitrogen functional groups attached to an aromatic ring is 1. The normalized spacial score (nSPS) is 10.7. The highest BCUT2D eigenvalue weighted by atomic mass is 15.1. The van der Waals surface area contributed by atoms with Gasteiger partial charge in [-0.2, -0.15) is 0 Å². The monoisotopic (exact) mass is 206 g/mol. The Morgan fingerprint density at radius 3 is 2.47 bits per heavy atom. The van der Waals surface area contributed by atoms with E-state index in [9.17, 15) is 0 Å². The minimum Gasteiger partial charge on any atom is -0.397 e. The SMILES string of the molecule is CCCN(CC(C)C)c1ccccc1N. The molecule has 0 radical (unpaired) electrons. The highest BCUT2D eigenvalue weighted by Gasteiger charge is 2.09. The summed E-state index contributed by atoms with van der Waals surface area (Å²) in [6, 6.07) is 8.11. The van der Waals surface area contributed by atoms with E-state index in [2.05, 4.69) is 37.8 Å². The minimum atomic E-state index is 0.663. The number of anilines is 2. The smallest absolute Gasteiger partial charge is 0.0600 e. The third-order valence-electron chi connectivity index (χ3n) is 2.36. The van der Waals surface area contributed by atoms with Crippen LogP contribution in [0.25, 0.3) is 0 Å². The van der Waals surface area contributed by atoms with Crippen molar-refractivity contribution in [1.29, 1.82) is 0 Å². The maximum absolute atomic E-state index is 5.99. The van der Waals surface area contributed by atoms with E-state index in [1.807, 2.05) is 12.1 Å². The van der Waals surface area contributed by atoms with Crippen LogP contribution in [0.3, 0.4) is 0 Å². The standard InChI is InChI=1S/C13H22N2/c1-4-9-15(10-11(2)3)13-8-6-5-7-12(13)14/h5-8,11H,4,9-10,14H2,1-3H3. The molecule has 0 aliphatic rings. The highest BCUT2D eigenvalue weighted by molar-refractivity contribution is 5.67.